The van der Waals surface area contributed by atoms with Crippen molar-refractivity contribution >= 4 is 15.8 Å². The summed E-state index contributed by atoms with van der Waals surface area (Å²) in [4.78, 5) is 17.8. The molecule has 1 aliphatic heterocycles. The summed E-state index contributed by atoms with van der Waals surface area (Å²) in [5.74, 6) is -2.63. The van der Waals surface area contributed by atoms with E-state index in [1.54, 1.807) is 30.3 Å². The van der Waals surface area contributed by atoms with Crippen molar-refractivity contribution in [3.05, 3.63) is 131 Å². The van der Waals surface area contributed by atoms with E-state index in [1.807, 2.05) is 0 Å². The Labute approximate surface area is 255 Å². The van der Waals surface area contributed by atoms with E-state index < -0.39 is 51.3 Å². The molecule has 0 saturated carbocycles. The molecule has 1 aliphatic rings. The van der Waals surface area contributed by atoms with Gasteiger partial charge < -0.3 is 11.1 Å². The van der Waals surface area contributed by atoms with Crippen molar-refractivity contribution in [1.82, 2.24) is 14.6 Å². The van der Waals surface area contributed by atoms with Crippen LogP contribution in [0.1, 0.15) is 34.6 Å². The monoisotopic (exact) mass is 622 g/mol. The number of hydrogen-bond acceptors (Lipinski definition) is 6. The molecule has 7 nitrogen and oxygen atoms in total. The molecule has 0 spiro atoms. The Hall–Kier alpha value is -3.90. The van der Waals surface area contributed by atoms with Crippen molar-refractivity contribution in [1.29, 1.82) is 0 Å². The van der Waals surface area contributed by atoms with Gasteiger partial charge in [-0.1, -0.05) is 42.5 Å². The number of halogens is 3. The first kappa shape index (κ1) is 31.5. The molecule has 2 atom stereocenters. The van der Waals surface area contributed by atoms with Crippen LogP contribution in [-0.2, 0) is 27.7 Å². The number of piperazine rings is 1. The van der Waals surface area contributed by atoms with Crippen LogP contribution in [0.5, 0.6) is 0 Å². The normalized spacial score (nSPS) is 16.6. The molecule has 1 aromatic heterocycles. The van der Waals surface area contributed by atoms with Crippen LogP contribution < -0.4 is 11.1 Å². The second-order valence-electron chi connectivity index (χ2n) is 10.8. The third kappa shape index (κ3) is 7.07. The average molecular weight is 623 g/mol. The molecule has 4 aromatic rings. The van der Waals surface area contributed by atoms with Gasteiger partial charge in [-0.25, -0.2) is 21.6 Å². The lowest BCUT2D eigenvalue weighted by Crippen LogP contribution is -2.53. The number of benzene rings is 3. The minimum Gasteiger partial charge on any atom is -0.321 e. The lowest BCUT2D eigenvalue weighted by molar-refractivity contribution is -0.119. The van der Waals surface area contributed by atoms with Crippen molar-refractivity contribution in [2.75, 3.05) is 19.6 Å². The first-order valence-corrected chi connectivity index (χ1v) is 15.8. The first-order valence-electron chi connectivity index (χ1n) is 14.3. The Morgan fingerprint density at radius 1 is 0.932 bits per heavy atom. The number of hydrogen-bond donors (Lipinski definition) is 2. The van der Waals surface area contributed by atoms with Crippen LogP contribution >= 0.6 is 0 Å². The van der Waals surface area contributed by atoms with Crippen molar-refractivity contribution in [3.63, 3.8) is 0 Å². The molecule has 2 heterocycles. The number of Topliss-reactive ketones (excluding diaryl/α,β-unsaturated/α-hetero) is 1. The molecular weight excluding hydrogens is 589 g/mol. The lowest BCUT2D eigenvalue weighted by atomic mass is 9.82. The fourth-order valence-electron chi connectivity index (χ4n) is 5.72. The SMILES string of the molecule is N[C@H](C(=O)Cc1cncc(F)c1CC[C@@H]1CNCCN1S(=O)(=O)c1ccccc1)C(c1ccc(F)cc1)c1ccc(F)cc1. The zero-order chi connectivity index (χ0) is 31.3. The molecule has 3 aromatic carbocycles. The van der Waals surface area contributed by atoms with Crippen LogP contribution in [0.25, 0.3) is 0 Å². The van der Waals surface area contributed by atoms with E-state index in [9.17, 15) is 22.0 Å². The topological polar surface area (TPSA) is 105 Å². The van der Waals surface area contributed by atoms with E-state index in [4.69, 9.17) is 5.73 Å². The fraction of sp³-hybridized carbons (Fsp3) is 0.273. The van der Waals surface area contributed by atoms with Gasteiger partial charge in [0, 0.05) is 44.2 Å². The maximum Gasteiger partial charge on any atom is 0.243 e. The number of nitrogens with one attached hydrogen (secondary N) is 1. The predicted octanol–water partition coefficient (Wildman–Crippen LogP) is 4.37. The second-order valence-corrected chi connectivity index (χ2v) is 12.7. The smallest absolute Gasteiger partial charge is 0.243 e. The van der Waals surface area contributed by atoms with E-state index in [-0.39, 0.29) is 29.8 Å². The highest BCUT2D eigenvalue weighted by Gasteiger charge is 2.34. The minimum absolute atomic E-state index is 0.165. The number of carbonyl (C=O) groups excluding carboxylic acids is 1. The summed E-state index contributed by atoms with van der Waals surface area (Å²) in [7, 11) is -3.76. The molecule has 1 fully saturated rings. The van der Waals surface area contributed by atoms with Gasteiger partial charge in [0.25, 0.3) is 0 Å². The van der Waals surface area contributed by atoms with Gasteiger partial charge in [0.15, 0.2) is 5.78 Å². The maximum absolute atomic E-state index is 15.2. The Kier molecular flexibility index (Phi) is 9.90. The highest BCUT2D eigenvalue weighted by atomic mass is 32.2. The fourth-order valence-corrected chi connectivity index (χ4v) is 7.39. The molecular formula is C33H33F3N4O3S. The van der Waals surface area contributed by atoms with Gasteiger partial charge in [0.05, 0.1) is 17.1 Å². The Bertz CT molecular complexity index is 1640. The molecule has 0 amide bonds. The van der Waals surface area contributed by atoms with E-state index in [2.05, 4.69) is 10.3 Å². The van der Waals surface area contributed by atoms with Crippen LogP contribution in [0.3, 0.4) is 0 Å². The summed E-state index contributed by atoms with van der Waals surface area (Å²) >= 11 is 0. The first-order chi connectivity index (χ1) is 21.1. The third-order valence-corrected chi connectivity index (χ3v) is 9.99. The van der Waals surface area contributed by atoms with Crippen molar-refractivity contribution < 1.29 is 26.4 Å². The van der Waals surface area contributed by atoms with Crippen LogP contribution in [0.4, 0.5) is 13.2 Å². The van der Waals surface area contributed by atoms with Gasteiger partial charge in [-0.05, 0) is 71.5 Å². The van der Waals surface area contributed by atoms with E-state index in [0.717, 1.165) is 6.20 Å². The van der Waals surface area contributed by atoms with E-state index in [0.29, 0.717) is 36.2 Å². The molecule has 1 saturated heterocycles. The molecule has 3 N–H and O–H groups in total. The quantitative estimate of drug-likeness (QED) is 0.258. The Morgan fingerprint density at radius 3 is 2.16 bits per heavy atom. The average Bonchev–Trinajstić information content (AvgIpc) is 3.03. The summed E-state index contributed by atoms with van der Waals surface area (Å²) in [5, 5.41) is 3.22. The maximum atomic E-state index is 15.2. The van der Waals surface area contributed by atoms with Gasteiger partial charge >= 0.3 is 0 Å². The standard InChI is InChI=1S/C33H33F3N4O3S/c34-25-10-6-22(7-11-25)32(23-8-12-26(35)13-9-23)33(37)31(41)18-24-19-39-21-30(36)29(24)15-14-27-20-38-16-17-40(27)44(42,43)28-4-2-1-3-5-28/h1-13,19,21,27,32-33,38H,14-18,20,37H2/t27-,33-/m1/s1. The molecule has 44 heavy (non-hydrogen) atoms. The third-order valence-electron chi connectivity index (χ3n) is 8.02. The molecule has 11 heteroatoms. The zero-order valence-corrected chi connectivity index (χ0v) is 24.7. The van der Waals surface area contributed by atoms with Gasteiger partial charge in [-0.15, -0.1) is 0 Å². The minimum atomic E-state index is -3.76. The molecule has 0 unspecified atom stereocenters. The largest absolute Gasteiger partial charge is 0.321 e. The number of carbonyl (C=O) groups is 1. The predicted molar refractivity (Wildman–Crippen MR) is 161 cm³/mol. The van der Waals surface area contributed by atoms with E-state index >= 15 is 4.39 Å². The molecule has 5 rings (SSSR count). The number of ketones is 1. The lowest BCUT2D eigenvalue weighted by Gasteiger charge is -2.35. The highest BCUT2D eigenvalue weighted by molar-refractivity contribution is 7.89. The highest BCUT2D eigenvalue weighted by Crippen LogP contribution is 2.30. The zero-order valence-electron chi connectivity index (χ0n) is 23.9. The van der Waals surface area contributed by atoms with Crippen molar-refractivity contribution in [2.24, 2.45) is 5.73 Å². The number of aromatic nitrogens is 1. The second kappa shape index (κ2) is 13.8. The van der Waals surface area contributed by atoms with Gasteiger partial charge in [0.1, 0.15) is 17.5 Å². The van der Waals surface area contributed by atoms with Crippen LogP contribution in [0, 0.1) is 17.5 Å². The summed E-state index contributed by atoms with van der Waals surface area (Å²) in [5.41, 5.74) is 8.28. The number of rotatable bonds is 11. The number of pyridine rings is 1. The summed E-state index contributed by atoms with van der Waals surface area (Å²) in [6.07, 6.45) is 2.74. The van der Waals surface area contributed by atoms with Crippen LogP contribution in [-0.4, -0.2) is 55.2 Å². The molecule has 230 valence electrons. The summed E-state index contributed by atoms with van der Waals surface area (Å²) in [6.45, 7) is 1.16. The molecule has 0 aliphatic carbocycles. The number of nitrogens with zero attached hydrogens (tertiary/aromatic N) is 2. The Balaban J connectivity index is 1.36. The Morgan fingerprint density at radius 2 is 1.55 bits per heavy atom. The molecule has 0 bridgehead atoms. The van der Waals surface area contributed by atoms with Crippen molar-refractivity contribution in [3.8, 4) is 0 Å². The van der Waals surface area contributed by atoms with Crippen LogP contribution in [0.15, 0.2) is 96.2 Å². The van der Waals surface area contributed by atoms with Crippen molar-refractivity contribution in [2.45, 2.75) is 42.2 Å². The van der Waals surface area contributed by atoms with Gasteiger partial charge in [0.2, 0.25) is 10.0 Å². The number of nitrogens with two attached hydrogens (primary N) is 1. The van der Waals surface area contributed by atoms with Gasteiger partial charge in [-0.2, -0.15) is 4.31 Å². The van der Waals surface area contributed by atoms with Gasteiger partial charge in [-0.3, -0.25) is 9.78 Å². The van der Waals surface area contributed by atoms with Crippen LogP contribution in [0.2, 0.25) is 0 Å². The van der Waals surface area contributed by atoms with E-state index in [1.165, 1.54) is 59.0 Å². The summed E-state index contributed by atoms with van der Waals surface area (Å²) in [6, 6.07) is 17.8. The summed E-state index contributed by atoms with van der Waals surface area (Å²) < 4.78 is 70.8. The molecule has 0 radical (unpaired) electrons. The number of sulfonamides is 1.